The SMILES string of the molecule is CC(=O)c1csc(N(CCC(C)C)C2CC2)n1. The Morgan fingerprint density at radius 3 is 2.76 bits per heavy atom. The molecule has 0 aromatic carbocycles. The van der Waals surface area contributed by atoms with Crippen LogP contribution in [0.25, 0.3) is 0 Å². The Kier molecular flexibility index (Phi) is 3.82. The van der Waals surface area contributed by atoms with E-state index in [0.717, 1.165) is 11.7 Å². The summed E-state index contributed by atoms with van der Waals surface area (Å²) in [6.07, 6.45) is 3.73. The lowest BCUT2D eigenvalue weighted by molar-refractivity contribution is 0.101. The number of thiazole rings is 1. The van der Waals surface area contributed by atoms with Crippen molar-refractivity contribution in [1.82, 2.24) is 4.98 Å². The Morgan fingerprint density at radius 1 is 1.59 bits per heavy atom. The topological polar surface area (TPSA) is 33.2 Å². The first kappa shape index (κ1) is 12.6. The van der Waals surface area contributed by atoms with Crippen LogP contribution in [0, 0.1) is 5.92 Å². The molecule has 1 aromatic heterocycles. The number of carbonyl (C=O) groups excluding carboxylic acids is 1. The lowest BCUT2D eigenvalue weighted by Gasteiger charge is -2.22. The van der Waals surface area contributed by atoms with Gasteiger partial charge in [-0.3, -0.25) is 4.79 Å². The molecule has 0 unspecified atom stereocenters. The zero-order chi connectivity index (χ0) is 12.4. The van der Waals surface area contributed by atoms with E-state index in [1.54, 1.807) is 18.3 Å². The minimum absolute atomic E-state index is 0.0621. The van der Waals surface area contributed by atoms with Crippen LogP contribution in [0.15, 0.2) is 5.38 Å². The number of ketones is 1. The van der Waals surface area contributed by atoms with Gasteiger partial charge in [-0.2, -0.15) is 0 Å². The fraction of sp³-hybridized carbons (Fsp3) is 0.692. The summed E-state index contributed by atoms with van der Waals surface area (Å²) in [6.45, 7) is 7.13. The number of hydrogen-bond donors (Lipinski definition) is 0. The Morgan fingerprint density at radius 2 is 2.29 bits per heavy atom. The molecule has 17 heavy (non-hydrogen) atoms. The van der Waals surface area contributed by atoms with Gasteiger partial charge >= 0.3 is 0 Å². The van der Waals surface area contributed by atoms with Gasteiger partial charge in [-0.25, -0.2) is 4.98 Å². The molecule has 0 spiro atoms. The van der Waals surface area contributed by atoms with Gasteiger partial charge in [0.25, 0.3) is 0 Å². The minimum Gasteiger partial charge on any atom is -0.345 e. The molecular weight excluding hydrogens is 232 g/mol. The zero-order valence-corrected chi connectivity index (χ0v) is 11.6. The van der Waals surface area contributed by atoms with E-state index in [9.17, 15) is 4.79 Å². The van der Waals surface area contributed by atoms with Crippen LogP contribution in [0.1, 0.15) is 50.5 Å². The highest BCUT2D eigenvalue weighted by Gasteiger charge is 2.30. The number of rotatable bonds is 6. The van der Waals surface area contributed by atoms with Crippen molar-refractivity contribution in [2.45, 2.75) is 46.1 Å². The molecule has 0 amide bonds. The maximum Gasteiger partial charge on any atom is 0.186 e. The highest BCUT2D eigenvalue weighted by Crippen LogP contribution is 2.34. The molecule has 94 valence electrons. The summed E-state index contributed by atoms with van der Waals surface area (Å²) in [5.74, 6) is 0.774. The lowest BCUT2D eigenvalue weighted by Crippen LogP contribution is -2.27. The molecule has 0 radical (unpaired) electrons. The lowest BCUT2D eigenvalue weighted by atomic mass is 10.1. The van der Waals surface area contributed by atoms with Crippen LogP contribution in [0.5, 0.6) is 0 Å². The van der Waals surface area contributed by atoms with E-state index in [4.69, 9.17) is 0 Å². The number of aromatic nitrogens is 1. The highest BCUT2D eigenvalue weighted by molar-refractivity contribution is 7.14. The summed E-state index contributed by atoms with van der Waals surface area (Å²) >= 11 is 1.60. The summed E-state index contributed by atoms with van der Waals surface area (Å²) in [7, 11) is 0. The standard InChI is InChI=1S/C13H20N2OS/c1-9(2)6-7-15(11-4-5-11)13-14-12(8-17-13)10(3)16/h8-9,11H,4-7H2,1-3H3. The van der Waals surface area contributed by atoms with Crippen molar-refractivity contribution in [3.8, 4) is 0 Å². The molecule has 3 nitrogen and oxygen atoms in total. The van der Waals surface area contributed by atoms with Crippen molar-refractivity contribution in [3.05, 3.63) is 11.1 Å². The van der Waals surface area contributed by atoms with Gasteiger partial charge in [0.05, 0.1) is 0 Å². The monoisotopic (exact) mass is 252 g/mol. The Bertz CT molecular complexity index is 396. The van der Waals surface area contributed by atoms with Crippen LogP contribution in [-0.4, -0.2) is 23.4 Å². The van der Waals surface area contributed by atoms with E-state index in [-0.39, 0.29) is 5.78 Å². The molecule has 1 saturated carbocycles. The van der Waals surface area contributed by atoms with Crippen LogP contribution < -0.4 is 4.90 Å². The van der Waals surface area contributed by atoms with Crippen molar-refractivity contribution in [3.63, 3.8) is 0 Å². The maximum absolute atomic E-state index is 11.3. The Hall–Kier alpha value is -0.900. The van der Waals surface area contributed by atoms with Gasteiger partial charge in [0.1, 0.15) is 5.69 Å². The summed E-state index contributed by atoms with van der Waals surface area (Å²) in [4.78, 5) is 18.1. The first-order valence-corrected chi connectivity index (χ1v) is 7.19. The summed E-state index contributed by atoms with van der Waals surface area (Å²) in [5.41, 5.74) is 0.611. The normalized spacial score (nSPS) is 15.3. The van der Waals surface area contributed by atoms with Crippen molar-refractivity contribution in [2.75, 3.05) is 11.4 Å². The second kappa shape index (κ2) is 5.17. The molecule has 1 aliphatic rings. The van der Waals surface area contributed by atoms with Gasteiger partial charge in [-0.1, -0.05) is 13.8 Å². The first-order chi connectivity index (χ1) is 8.08. The van der Waals surface area contributed by atoms with E-state index in [0.29, 0.717) is 17.7 Å². The third kappa shape index (κ3) is 3.28. The van der Waals surface area contributed by atoms with Crippen molar-refractivity contribution < 1.29 is 4.79 Å². The van der Waals surface area contributed by atoms with E-state index >= 15 is 0 Å². The van der Waals surface area contributed by atoms with Crippen molar-refractivity contribution >= 4 is 22.3 Å². The highest BCUT2D eigenvalue weighted by atomic mass is 32.1. The smallest absolute Gasteiger partial charge is 0.186 e. The van der Waals surface area contributed by atoms with E-state index in [1.807, 2.05) is 5.38 Å². The number of nitrogens with zero attached hydrogens (tertiary/aromatic N) is 2. The third-order valence-corrected chi connectivity index (χ3v) is 3.91. The molecule has 0 saturated heterocycles. The summed E-state index contributed by atoms with van der Waals surface area (Å²) in [6, 6.07) is 0.666. The van der Waals surface area contributed by atoms with Crippen molar-refractivity contribution in [1.29, 1.82) is 0 Å². The fourth-order valence-electron chi connectivity index (χ4n) is 1.78. The molecule has 1 aromatic rings. The number of carbonyl (C=O) groups is 1. The number of anilines is 1. The first-order valence-electron chi connectivity index (χ1n) is 6.31. The van der Waals surface area contributed by atoms with Gasteiger partial charge in [0.2, 0.25) is 0 Å². The average molecular weight is 252 g/mol. The minimum atomic E-state index is 0.0621. The largest absolute Gasteiger partial charge is 0.345 e. The van der Waals surface area contributed by atoms with Gasteiger partial charge < -0.3 is 4.90 Å². The molecule has 0 aliphatic heterocycles. The van der Waals surface area contributed by atoms with E-state index in [2.05, 4.69) is 23.7 Å². The zero-order valence-electron chi connectivity index (χ0n) is 10.8. The van der Waals surface area contributed by atoms with E-state index < -0.39 is 0 Å². The van der Waals surface area contributed by atoms with Gasteiger partial charge in [0, 0.05) is 24.9 Å². The van der Waals surface area contributed by atoms with E-state index in [1.165, 1.54) is 19.3 Å². The van der Waals surface area contributed by atoms with Gasteiger partial charge in [-0.05, 0) is 25.2 Å². The molecule has 0 N–H and O–H groups in total. The molecule has 0 bridgehead atoms. The van der Waals surface area contributed by atoms with Crippen LogP contribution in [0.2, 0.25) is 0 Å². The van der Waals surface area contributed by atoms with Gasteiger partial charge in [-0.15, -0.1) is 11.3 Å². The Labute approximate surface area is 107 Å². The van der Waals surface area contributed by atoms with Crippen LogP contribution in [0.4, 0.5) is 5.13 Å². The van der Waals surface area contributed by atoms with Crippen molar-refractivity contribution in [2.24, 2.45) is 5.92 Å². The average Bonchev–Trinajstić information content (AvgIpc) is 2.95. The molecule has 1 heterocycles. The molecule has 1 aliphatic carbocycles. The molecule has 4 heteroatoms. The predicted molar refractivity (Wildman–Crippen MR) is 71.9 cm³/mol. The van der Waals surface area contributed by atoms with Gasteiger partial charge in [0.15, 0.2) is 10.9 Å². The van der Waals surface area contributed by atoms with Crippen LogP contribution in [-0.2, 0) is 0 Å². The summed E-state index contributed by atoms with van der Waals surface area (Å²) < 4.78 is 0. The maximum atomic E-state index is 11.3. The fourth-order valence-corrected chi connectivity index (χ4v) is 2.74. The van der Waals surface area contributed by atoms with Crippen LogP contribution in [0.3, 0.4) is 0 Å². The second-order valence-corrected chi connectivity index (χ2v) is 6.02. The quantitative estimate of drug-likeness (QED) is 0.728. The third-order valence-electron chi connectivity index (χ3n) is 3.03. The molecule has 2 rings (SSSR count). The summed E-state index contributed by atoms with van der Waals surface area (Å²) in [5, 5.41) is 2.90. The molecule has 1 fully saturated rings. The molecular formula is C13H20N2OS. The predicted octanol–water partition coefficient (Wildman–Crippen LogP) is 3.36. The number of hydrogen-bond acceptors (Lipinski definition) is 4. The van der Waals surface area contributed by atoms with Crippen LogP contribution >= 0.6 is 11.3 Å². The molecule has 0 atom stereocenters. The Balaban J connectivity index is 2.06. The second-order valence-electron chi connectivity index (χ2n) is 5.18. The number of Topliss-reactive ketones (excluding diaryl/α,β-unsaturated/α-hetero) is 1.